The van der Waals surface area contributed by atoms with E-state index >= 15 is 0 Å². The lowest BCUT2D eigenvalue weighted by atomic mass is 10.3. The Kier molecular flexibility index (Phi) is 5.40. The van der Waals surface area contributed by atoms with Gasteiger partial charge in [0, 0.05) is 6.54 Å². The summed E-state index contributed by atoms with van der Waals surface area (Å²) in [5.74, 6) is 0. The smallest absolute Gasteiger partial charge is 0.0382 e. The van der Waals surface area contributed by atoms with Crippen molar-refractivity contribution in [1.29, 1.82) is 0 Å². The van der Waals surface area contributed by atoms with Gasteiger partial charge in [0.2, 0.25) is 0 Å². The lowest BCUT2D eigenvalue weighted by Crippen LogP contribution is -1.76. The molecule has 0 radical (unpaired) electrons. The molecular formula is C6H13N. The quantitative estimate of drug-likeness (QED) is 0.377. The van der Waals surface area contributed by atoms with E-state index in [4.69, 9.17) is 0 Å². The Hall–Kier alpha value is -0.330. The van der Waals surface area contributed by atoms with E-state index in [0.717, 1.165) is 6.54 Å². The Balaban J connectivity index is 2.56. The van der Waals surface area contributed by atoms with Crippen molar-refractivity contribution < 1.29 is 0 Å². The molecule has 0 aliphatic rings. The van der Waals surface area contributed by atoms with Gasteiger partial charge in [0.05, 0.1) is 0 Å². The molecule has 0 fully saturated rings. The minimum atomic E-state index is 0.938. The number of hydrogen-bond donors (Lipinski definition) is 0. The Labute approximate surface area is 45.5 Å². The van der Waals surface area contributed by atoms with Crippen LogP contribution in [0.4, 0.5) is 0 Å². The van der Waals surface area contributed by atoms with E-state index in [1.807, 2.05) is 0 Å². The first-order valence-electron chi connectivity index (χ1n) is 2.84. The maximum absolute atomic E-state index is 3.72. The van der Waals surface area contributed by atoms with Crippen LogP contribution in [0.5, 0.6) is 0 Å². The molecule has 0 aliphatic carbocycles. The molecule has 7 heavy (non-hydrogen) atoms. The number of hydrogen-bond acceptors (Lipinski definition) is 1. The van der Waals surface area contributed by atoms with Crippen LogP contribution in [-0.4, -0.2) is 13.3 Å². The standard InChI is InChI=1S/C6H13N/c1-3-4-5-6-7-2/h2-6H2,1H3. The Morgan fingerprint density at radius 1 is 1.43 bits per heavy atom. The summed E-state index contributed by atoms with van der Waals surface area (Å²) in [6.45, 7) is 6.50. The zero-order valence-electron chi connectivity index (χ0n) is 4.98. The third-order valence-corrected chi connectivity index (χ3v) is 0.920. The predicted octanol–water partition coefficient (Wildman–Crippen LogP) is 1.88. The highest BCUT2D eigenvalue weighted by molar-refractivity contribution is 5.22. The van der Waals surface area contributed by atoms with Gasteiger partial charge < -0.3 is 4.99 Å². The maximum Gasteiger partial charge on any atom is 0.0382 e. The molecule has 42 valence electrons. The lowest BCUT2D eigenvalue weighted by Gasteiger charge is -1.87. The van der Waals surface area contributed by atoms with Crippen molar-refractivity contribution in [2.24, 2.45) is 4.99 Å². The van der Waals surface area contributed by atoms with Gasteiger partial charge in [0.1, 0.15) is 0 Å². The monoisotopic (exact) mass is 99.1 g/mol. The third kappa shape index (κ3) is 5.67. The summed E-state index contributed by atoms with van der Waals surface area (Å²) in [7, 11) is 0. The van der Waals surface area contributed by atoms with Crippen molar-refractivity contribution in [2.45, 2.75) is 26.2 Å². The molecule has 0 aliphatic heterocycles. The average Bonchev–Trinajstić information content (AvgIpc) is 1.69. The number of nitrogens with zero attached hydrogens (tertiary/aromatic N) is 1. The molecule has 0 heterocycles. The Morgan fingerprint density at radius 2 is 2.14 bits per heavy atom. The molecule has 0 atom stereocenters. The van der Waals surface area contributed by atoms with Crippen LogP contribution in [0.1, 0.15) is 26.2 Å². The first-order valence-corrected chi connectivity index (χ1v) is 2.84. The minimum absolute atomic E-state index is 0.938. The van der Waals surface area contributed by atoms with E-state index in [2.05, 4.69) is 18.6 Å². The third-order valence-electron chi connectivity index (χ3n) is 0.920. The van der Waals surface area contributed by atoms with Gasteiger partial charge in [-0.15, -0.1) is 0 Å². The lowest BCUT2D eigenvalue weighted by molar-refractivity contribution is 0.730. The molecule has 0 spiro atoms. The van der Waals surface area contributed by atoms with Gasteiger partial charge in [-0.25, -0.2) is 0 Å². The second-order valence-electron chi connectivity index (χ2n) is 1.65. The summed E-state index contributed by atoms with van der Waals surface area (Å²) >= 11 is 0. The molecular weight excluding hydrogens is 86.1 g/mol. The van der Waals surface area contributed by atoms with E-state index in [0.29, 0.717) is 0 Å². The highest BCUT2D eigenvalue weighted by Crippen LogP contribution is 1.91. The van der Waals surface area contributed by atoms with E-state index in [1.54, 1.807) is 0 Å². The van der Waals surface area contributed by atoms with Crippen LogP contribution >= 0.6 is 0 Å². The summed E-state index contributed by atoms with van der Waals surface area (Å²) in [6.07, 6.45) is 3.77. The molecule has 0 rings (SSSR count). The summed E-state index contributed by atoms with van der Waals surface area (Å²) in [4.78, 5) is 3.72. The van der Waals surface area contributed by atoms with Crippen LogP contribution in [0, 0.1) is 0 Å². The van der Waals surface area contributed by atoms with Crippen molar-refractivity contribution in [3.63, 3.8) is 0 Å². The fourth-order valence-electron chi connectivity index (χ4n) is 0.474. The number of aliphatic imine (C=N–C) groups is 1. The summed E-state index contributed by atoms with van der Waals surface area (Å²) < 4.78 is 0. The second-order valence-corrected chi connectivity index (χ2v) is 1.65. The SMILES string of the molecule is C=NCCCCC. The largest absolute Gasteiger partial charge is 0.301 e. The van der Waals surface area contributed by atoms with Crippen molar-refractivity contribution in [1.82, 2.24) is 0 Å². The maximum atomic E-state index is 3.72. The van der Waals surface area contributed by atoms with Crippen LogP contribution in [-0.2, 0) is 0 Å². The van der Waals surface area contributed by atoms with Crippen LogP contribution in [0.3, 0.4) is 0 Å². The zero-order chi connectivity index (χ0) is 5.54. The van der Waals surface area contributed by atoms with Crippen LogP contribution in [0.25, 0.3) is 0 Å². The summed E-state index contributed by atoms with van der Waals surface area (Å²) in [5.41, 5.74) is 0. The molecule has 0 aromatic carbocycles. The number of unbranched alkanes of at least 4 members (excludes halogenated alkanes) is 2. The van der Waals surface area contributed by atoms with Crippen molar-refractivity contribution >= 4 is 6.72 Å². The topological polar surface area (TPSA) is 12.4 Å². The van der Waals surface area contributed by atoms with Gasteiger partial charge in [-0.1, -0.05) is 19.8 Å². The highest BCUT2D eigenvalue weighted by Gasteiger charge is 1.78. The summed E-state index contributed by atoms with van der Waals surface area (Å²) in [6, 6.07) is 0. The molecule has 0 saturated carbocycles. The van der Waals surface area contributed by atoms with Crippen molar-refractivity contribution in [3.8, 4) is 0 Å². The molecule has 0 unspecified atom stereocenters. The average molecular weight is 99.2 g/mol. The van der Waals surface area contributed by atoms with Crippen molar-refractivity contribution in [2.75, 3.05) is 6.54 Å². The van der Waals surface area contributed by atoms with Crippen LogP contribution in [0.2, 0.25) is 0 Å². The fourth-order valence-corrected chi connectivity index (χ4v) is 0.474. The van der Waals surface area contributed by atoms with E-state index in [9.17, 15) is 0 Å². The van der Waals surface area contributed by atoms with E-state index in [-0.39, 0.29) is 0 Å². The van der Waals surface area contributed by atoms with Gasteiger partial charge in [-0.2, -0.15) is 0 Å². The molecule has 1 heteroatoms. The van der Waals surface area contributed by atoms with Crippen molar-refractivity contribution in [3.05, 3.63) is 0 Å². The van der Waals surface area contributed by atoms with Crippen LogP contribution < -0.4 is 0 Å². The molecule has 0 aromatic heterocycles. The highest BCUT2D eigenvalue weighted by atomic mass is 14.7. The molecule has 0 N–H and O–H groups in total. The van der Waals surface area contributed by atoms with Gasteiger partial charge in [0.15, 0.2) is 0 Å². The van der Waals surface area contributed by atoms with E-state index < -0.39 is 0 Å². The zero-order valence-corrected chi connectivity index (χ0v) is 4.98. The predicted molar refractivity (Wildman–Crippen MR) is 33.9 cm³/mol. The van der Waals surface area contributed by atoms with Gasteiger partial charge in [-0.3, -0.25) is 0 Å². The molecule has 0 aromatic rings. The molecule has 0 bridgehead atoms. The van der Waals surface area contributed by atoms with Gasteiger partial charge >= 0.3 is 0 Å². The molecule has 1 nitrogen and oxygen atoms in total. The normalized spacial score (nSPS) is 8.71. The molecule has 0 saturated heterocycles. The summed E-state index contributed by atoms with van der Waals surface area (Å²) in [5, 5.41) is 0. The van der Waals surface area contributed by atoms with Gasteiger partial charge in [0.25, 0.3) is 0 Å². The van der Waals surface area contributed by atoms with Crippen LogP contribution in [0.15, 0.2) is 4.99 Å². The van der Waals surface area contributed by atoms with Gasteiger partial charge in [-0.05, 0) is 13.1 Å². The van der Waals surface area contributed by atoms with E-state index in [1.165, 1.54) is 19.3 Å². The second kappa shape index (κ2) is 5.67. The minimum Gasteiger partial charge on any atom is -0.301 e. The Bertz CT molecular complexity index is 41.4. The molecule has 0 amide bonds. The number of rotatable bonds is 4. The first kappa shape index (κ1) is 6.67. The fraction of sp³-hybridized carbons (Fsp3) is 0.833. The first-order chi connectivity index (χ1) is 3.41. The Morgan fingerprint density at radius 3 is 2.57 bits per heavy atom.